The van der Waals surface area contributed by atoms with Gasteiger partial charge in [-0.2, -0.15) is 0 Å². The molecule has 3 rings (SSSR count). The smallest absolute Gasteiger partial charge is 0.287 e. The minimum Gasteiger partial charge on any atom is -0.493 e. The maximum atomic E-state index is 12.6. The molecule has 0 radical (unpaired) electrons. The molecule has 2 aromatic heterocycles. The molecule has 0 bridgehead atoms. The van der Waals surface area contributed by atoms with E-state index in [1.165, 1.54) is 0 Å². The minimum atomic E-state index is -0.255. The molecular weight excluding hydrogens is 320 g/mol. The van der Waals surface area contributed by atoms with E-state index in [0.29, 0.717) is 23.6 Å². The van der Waals surface area contributed by atoms with Crippen molar-refractivity contribution in [2.24, 2.45) is 0 Å². The molecule has 3 aromatic rings. The molecule has 1 atom stereocenters. The fourth-order valence-corrected chi connectivity index (χ4v) is 2.88. The van der Waals surface area contributed by atoms with E-state index in [9.17, 15) is 4.79 Å². The molecule has 0 saturated carbocycles. The highest BCUT2D eigenvalue weighted by atomic mass is 16.5. The number of carbonyl (C=O) groups excluding carboxylic acids is 1. The molecule has 0 saturated heterocycles. The highest BCUT2D eigenvalue weighted by Gasteiger charge is 2.22. The van der Waals surface area contributed by atoms with E-state index < -0.39 is 0 Å². The second-order valence-electron chi connectivity index (χ2n) is 6.10. The van der Waals surface area contributed by atoms with Crippen LogP contribution < -0.4 is 10.1 Å². The average molecular weight is 342 g/mol. The maximum Gasteiger partial charge on any atom is 0.287 e. The minimum absolute atomic E-state index is 0.0572. The number of ether oxygens (including phenoxy) is 1. The molecular formula is C19H22N2O4. The lowest BCUT2D eigenvalue weighted by Gasteiger charge is -2.22. The summed E-state index contributed by atoms with van der Waals surface area (Å²) in [6.45, 7) is 2.28. The summed E-state index contributed by atoms with van der Waals surface area (Å²) in [5.74, 6) is 1.46. The number of carbonyl (C=O) groups is 1. The van der Waals surface area contributed by atoms with Crippen LogP contribution >= 0.6 is 0 Å². The number of likely N-dealkylation sites (N-methyl/N-ethyl adjacent to an activating group) is 1. The van der Waals surface area contributed by atoms with Crippen molar-refractivity contribution < 1.29 is 18.4 Å². The van der Waals surface area contributed by atoms with Crippen LogP contribution in [0.2, 0.25) is 0 Å². The lowest BCUT2D eigenvalue weighted by molar-refractivity contribution is 0.0912. The number of nitrogens with one attached hydrogen (secondary N) is 1. The van der Waals surface area contributed by atoms with Crippen molar-refractivity contribution in [1.82, 2.24) is 10.2 Å². The summed E-state index contributed by atoms with van der Waals surface area (Å²) in [5.41, 5.74) is 1.38. The van der Waals surface area contributed by atoms with Crippen LogP contribution in [0.3, 0.4) is 0 Å². The molecule has 1 N–H and O–H groups in total. The number of methoxy groups -OCH3 is 1. The molecule has 25 heavy (non-hydrogen) atoms. The standard InChI is InChI=1S/C19H22N2O4/c1-12-13-7-5-8-16(23-4)18(13)25-17(12)19(22)20-11-14(21(2)3)15-9-6-10-24-15/h5-10,14H,11H2,1-4H3,(H,20,22)/t14-/m1/s1. The summed E-state index contributed by atoms with van der Waals surface area (Å²) < 4.78 is 16.6. The molecule has 0 fully saturated rings. The molecule has 6 nitrogen and oxygen atoms in total. The van der Waals surface area contributed by atoms with Crippen LogP contribution in [0.15, 0.2) is 45.4 Å². The van der Waals surface area contributed by atoms with Gasteiger partial charge in [0, 0.05) is 17.5 Å². The van der Waals surface area contributed by atoms with Crippen molar-refractivity contribution in [3.05, 3.63) is 53.7 Å². The Morgan fingerprint density at radius 3 is 2.72 bits per heavy atom. The zero-order chi connectivity index (χ0) is 18.0. The summed E-state index contributed by atoms with van der Waals surface area (Å²) in [6.07, 6.45) is 1.63. The number of rotatable bonds is 6. The van der Waals surface area contributed by atoms with E-state index in [4.69, 9.17) is 13.6 Å². The molecule has 0 aliphatic heterocycles. The van der Waals surface area contributed by atoms with Crippen LogP contribution in [0.5, 0.6) is 5.75 Å². The summed E-state index contributed by atoms with van der Waals surface area (Å²) in [5, 5.41) is 3.81. The summed E-state index contributed by atoms with van der Waals surface area (Å²) in [6, 6.07) is 9.28. The Bertz CT molecular complexity index is 865. The van der Waals surface area contributed by atoms with E-state index in [-0.39, 0.29) is 11.9 Å². The first-order valence-corrected chi connectivity index (χ1v) is 8.07. The van der Waals surface area contributed by atoms with Gasteiger partial charge >= 0.3 is 0 Å². The van der Waals surface area contributed by atoms with E-state index >= 15 is 0 Å². The molecule has 1 amide bonds. The Kier molecular flexibility index (Phi) is 4.81. The molecule has 0 spiro atoms. The SMILES string of the molecule is COc1cccc2c(C)c(C(=O)NC[C@H](c3ccco3)N(C)C)oc12. The van der Waals surface area contributed by atoms with Gasteiger partial charge in [-0.1, -0.05) is 12.1 Å². The van der Waals surface area contributed by atoms with Gasteiger partial charge in [0.05, 0.1) is 19.4 Å². The first-order chi connectivity index (χ1) is 12.0. The normalized spacial score (nSPS) is 12.5. The topological polar surface area (TPSA) is 67.8 Å². The number of hydrogen-bond acceptors (Lipinski definition) is 5. The maximum absolute atomic E-state index is 12.6. The van der Waals surface area contributed by atoms with Gasteiger partial charge in [0.2, 0.25) is 0 Å². The van der Waals surface area contributed by atoms with Crippen LogP contribution in [-0.2, 0) is 0 Å². The summed E-state index contributed by atoms with van der Waals surface area (Å²) >= 11 is 0. The number of benzene rings is 1. The molecule has 2 heterocycles. The zero-order valence-corrected chi connectivity index (χ0v) is 14.8. The van der Waals surface area contributed by atoms with Crippen LogP contribution in [0, 0.1) is 6.92 Å². The van der Waals surface area contributed by atoms with Crippen LogP contribution in [0.1, 0.15) is 27.9 Å². The van der Waals surface area contributed by atoms with Gasteiger partial charge in [0.25, 0.3) is 5.91 Å². The van der Waals surface area contributed by atoms with Gasteiger partial charge in [-0.05, 0) is 39.2 Å². The fraction of sp³-hybridized carbons (Fsp3) is 0.316. The Labute approximate surface area is 146 Å². The first-order valence-electron chi connectivity index (χ1n) is 8.07. The molecule has 0 unspecified atom stereocenters. The fourth-order valence-electron chi connectivity index (χ4n) is 2.88. The average Bonchev–Trinajstić information content (AvgIpc) is 3.23. The predicted molar refractivity (Wildman–Crippen MR) is 95.0 cm³/mol. The number of aryl methyl sites for hydroxylation is 1. The lowest BCUT2D eigenvalue weighted by atomic mass is 10.1. The molecule has 0 aliphatic rings. The second-order valence-corrected chi connectivity index (χ2v) is 6.10. The van der Waals surface area contributed by atoms with E-state index in [0.717, 1.165) is 16.7 Å². The number of amides is 1. The van der Waals surface area contributed by atoms with Crippen molar-refractivity contribution in [3.8, 4) is 5.75 Å². The summed E-state index contributed by atoms with van der Waals surface area (Å²) in [7, 11) is 5.46. The van der Waals surface area contributed by atoms with Gasteiger partial charge in [-0.25, -0.2) is 0 Å². The Balaban J connectivity index is 1.82. The van der Waals surface area contributed by atoms with Crippen LogP contribution in [-0.4, -0.2) is 38.6 Å². The molecule has 1 aromatic carbocycles. The number of para-hydroxylation sites is 1. The third-order valence-corrected chi connectivity index (χ3v) is 4.30. The largest absolute Gasteiger partial charge is 0.493 e. The highest BCUT2D eigenvalue weighted by Crippen LogP contribution is 2.32. The van der Waals surface area contributed by atoms with Gasteiger partial charge in [0.15, 0.2) is 17.1 Å². The van der Waals surface area contributed by atoms with Crippen molar-refractivity contribution >= 4 is 16.9 Å². The third kappa shape index (κ3) is 3.25. The Morgan fingerprint density at radius 2 is 2.08 bits per heavy atom. The van der Waals surface area contributed by atoms with Crippen LogP contribution in [0.25, 0.3) is 11.0 Å². The predicted octanol–water partition coefficient (Wildman–Crippen LogP) is 3.38. The van der Waals surface area contributed by atoms with Crippen molar-refractivity contribution in [2.75, 3.05) is 27.7 Å². The van der Waals surface area contributed by atoms with E-state index in [2.05, 4.69) is 5.32 Å². The number of fused-ring (bicyclic) bond motifs is 1. The van der Waals surface area contributed by atoms with Crippen molar-refractivity contribution in [2.45, 2.75) is 13.0 Å². The monoisotopic (exact) mass is 342 g/mol. The molecule has 0 aliphatic carbocycles. The van der Waals surface area contributed by atoms with Crippen molar-refractivity contribution in [1.29, 1.82) is 0 Å². The highest BCUT2D eigenvalue weighted by molar-refractivity contribution is 6.00. The lowest BCUT2D eigenvalue weighted by Crippen LogP contribution is -2.34. The number of nitrogens with zero attached hydrogens (tertiary/aromatic N) is 1. The third-order valence-electron chi connectivity index (χ3n) is 4.30. The first kappa shape index (κ1) is 17.1. The molecule has 132 valence electrons. The zero-order valence-electron chi connectivity index (χ0n) is 14.8. The Hall–Kier alpha value is -2.73. The number of furan rings is 2. The number of hydrogen-bond donors (Lipinski definition) is 1. The van der Waals surface area contributed by atoms with Gasteiger partial charge in [0.1, 0.15) is 5.76 Å². The summed E-state index contributed by atoms with van der Waals surface area (Å²) in [4.78, 5) is 14.6. The van der Waals surface area contributed by atoms with Crippen LogP contribution in [0.4, 0.5) is 0 Å². The molecule has 6 heteroatoms. The Morgan fingerprint density at radius 1 is 1.28 bits per heavy atom. The van der Waals surface area contributed by atoms with Crippen molar-refractivity contribution in [3.63, 3.8) is 0 Å². The quantitative estimate of drug-likeness (QED) is 0.744. The van der Waals surface area contributed by atoms with Gasteiger partial charge in [-0.15, -0.1) is 0 Å². The van der Waals surface area contributed by atoms with Gasteiger partial charge in [-0.3, -0.25) is 9.69 Å². The second kappa shape index (κ2) is 7.03. The van der Waals surface area contributed by atoms with E-state index in [1.807, 2.05) is 56.3 Å². The van der Waals surface area contributed by atoms with Gasteiger partial charge < -0.3 is 18.9 Å². The van der Waals surface area contributed by atoms with E-state index in [1.54, 1.807) is 13.4 Å².